The zero-order valence-corrected chi connectivity index (χ0v) is 15.2. The normalized spacial score (nSPS) is 19.8. The van der Waals surface area contributed by atoms with E-state index in [1.54, 1.807) is 13.3 Å². The molecule has 0 N–H and O–H groups in total. The zero-order chi connectivity index (χ0) is 17.9. The van der Waals surface area contributed by atoms with Crippen molar-refractivity contribution in [2.45, 2.75) is 25.2 Å². The van der Waals surface area contributed by atoms with Crippen molar-refractivity contribution in [3.05, 3.63) is 53.7 Å². The van der Waals surface area contributed by atoms with Crippen molar-refractivity contribution in [1.82, 2.24) is 9.88 Å². The van der Waals surface area contributed by atoms with Gasteiger partial charge in [-0.3, -0.25) is 4.79 Å². The maximum atomic E-state index is 13.1. The smallest absolute Gasteiger partial charge is 0.230 e. The third-order valence-corrected chi connectivity index (χ3v) is 5.54. The van der Waals surface area contributed by atoms with Gasteiger partial charge in [-0.1, -0.05) is 24.3 Å². The Hall–Kier alpha value is -2.56. The maximum absolute atomic E-state index is 13.1. The van der Waals surface area contributed by atoms with Gasteiger partial charge in [-0.25, -0.2) is 4.98 Å². The third-order valence-electron chi connectivity index (χ3n) is 5.54. The second-order valence-corrected chi connectivity index (χ2v) is 7.01. The van der Waals surface area contributed by atoms with E-state index in [2.05, 4.69) is 34.1 Å². The van der Waals surface area contributed by atoms with E-state index >= 15 is 0 Å². The number of amides is 1. The summed E-state index contributed by atoms with van der Waals surface area (Å²) >= 11 is 0. The second-order valence-electron chi connectivity index (χ2n) is 7.01. The summed E-state index contributed by atoms with van der Waals surface area (Å²) in [6.45, 7) is 3.15. The van der Waals surface area contributed by atoms with Crippen molar-refractivity contribution in [3.63, 3.8) is 0 Å². The van der Waals surface area contributed by atoms with E-state index in [1.807, 2.05) is 17.0 Å². The number of carbonyl (C=O) groups excluding carboxylic acids is 1. The number of hydrogen-bond acceptors (Lipinski definition) is 4. The first-order valence-corrected chi connectivity index (χ1v) is 9.38. The van der Waals surface area contributed by atoms with Gasteiger partial charge in [-0.05, 0) is 42.5 Å². The summed E-state index contributed by atoms with van der Waals surface area (Å²) in [5, 5.41) is 0. The molecule has 1 aliphatic carbocycles. The van der Waals surface area contributed by atoms with Crippen molar-refractivity contribution in [2.75, 3.05) is 38.2 Å². The summed E-state index contributed by atoms with van der Waals surface area (Å²) in [5.41, 5.74) is 2.58. The van der Waals surface area contributed by atoms with Gasteiger partial charge in [-0.2, -0.15) is 0 Å². The number of ether oxygens (including phenoxy) is 1. The molecule has 1 aromatic carbocycles. The lowest BCUT2D eigenvalue weighted by Crippen LogP contribution is -2.50. The summed E-state index contributed by atoms with van der Waals surface area (Å²) in [6, 6.07) is 12.3. The number of pyridine rings is 1. The van der Waals surface area contributed by atoms with Gasteiger partial charge in [0.15, 0.2) is 0 Å². The van der Waals surface area contributed by atoms with E-state index in [1.165, 1.54) is 11.1 Å². The van der Waals surface area contributed by atoms with E-state index in [0.29, 0.717) is 5.91 Å². The van der Waals surface area contributed by atoms with Gasteiger partial charge in [0.25, 0.3) is 0 Å². The fraction of sp³-hybridized carbons (Fsp3) is 0.429. The largest absolute Gasteiger partial charge is 0.495 e. The number of fused-ring (bicyclic) bond motifs is 1. The highest BCUT2D eigenvalue weighted by Crippen LogP contribution is 2.33. The molecule has 1 amide bonds. The van der Waals surface area contributed by atoms with E-state index in [4.69, 9.17) is 4.74 Å². The van der Waals surface area contributed by atoms with E-state index in [9.17, 15) is 4.79 Å². The lowest BCUT2D eigenvalue weighted by molar-refractivity contribution is -0.133. The fourth-order valence-corrected chi connectivity index (χ4v) is 4.07. The van der Waals surface area contributed by atoms with Crippen LogP contribution in [0.5, 0.6) is 5.75 Å². The molecule has 5 heteroatoms. The molecule has 0 radical (unpaired) electrons. The van der Waals surface area contributed by atoms with Crippen molar-refractivity contribution >= 4 is 11.7 Å². The monoisotopic (exact) mass is 351 g/mol. The SMILES string of the molecule is COc1ccc(N2CCN(C(=O)C3CCCc4ccccc43)CC2)nc1. The van der Waals surface area contributed by atoms with Crippen LogP contribution in [0.2, 0.25) is 0 Å². The van der Waals surface area contributed by atoms with Crippen LogP contribution in [0.25, 0.3) is 0 Å². The molecule has 2 aliphatic rings. The Labute approximate surface area is 154 Å². The highest BCUT2D eigenvalue weighted by atomic mass is 16.5. The molecule has 26 heavy (non-hydrogen) atoms. The topological polar surface area (TPSA) is 45.7 Å². The Kier molecular flexibility index (Phi) is 4.78. The highest BCUT2D eigenvalue weighted by molar-refractivity contribution is 5.84. The maximum Gasteiger partial charge on any atom is 0.230 e. The number of hydrogen-bond donors (Lipinski definition) is 0. The minimum atomic E-state index is 0.0330. The molecule has 4 rings (SSSR count). The molecule has 1 atom stereocenters. The number of anilines is 1. The van der Waals surface area contributed by atoms with Crippen molar-refractivity contribution < 1.29 is 9.53 Å². The van der Waals surface area contributed by atoms with Crippen LogP contribution in [0.3, 0.4) is 0 Å². The number of methoxy groups -OCH3 is 1. The second kappa shape index (κ2) is 7.36. The number of piperazine rings is 1. The minimum Gasteiger partial charge on any atom is -0.495 e. The predicted molar refractivity (Wildman–Crippen MR) is 102 cm³/mol. The van der Waals surface area contributed by atoms with Crippen LogP contribution >= 0.6 is 0 Å². The van der Waals surface area contributed by atoms with Gasteiger partial charge in [0.2, 0.25) is 5.91 Å². The first-order valence-electron chi connectivity index (χ1n) is 9.38. The third kappa shape index (κ3) is 3.26. The molecule has 2 heterocycles. The number of carbonyl (C=O) groups is 1. The number of aromatic nitrogens is 1. The Morgan fingerprint density at radius 1 is 1.12 bits per heavy atom. The molecule has 5 nitrogen and oxygen atoms in total. The van der Waals surface area contributed by atoms with Gasteiger partial charge in [0, 0.05) is 26.2 Å². The van der Waals surface area contributed by atoms with Crippen molar-refractivity contribution in [2.24, 2.45) is 0 Å². The lowest BCUT2D eigenvalue weighted by atomic mass is 9.82. The standard InChI is InChI=1S/C21H25N3O2/c1-26-17-9-10-20(22-15-17)23-11-13-24(14-12-23)21(25)19-8-4-6-16-5-2-3-7-18(16)19/h2-3,5,7,9-10,15,19H,4,6,8,11-14H2,1H3. The van der Waals surface area contributed by atoms with Crippen molar-refractivity contribution in [1.29, 1.82) is 0 Å². The fourth-order valence-electron chi connectivity index (χ4n) is 4.07. The molecule has 0 saturated carbocycles. The van der Waals surface area contributed by atoms with Crippen LogP contribution in [0, 0.1) is 0 Å². The predicted octanol–water partition coefficient (Wildman–Crippen LogP) is 2.86. The van der Waals surface area contributed by atoms with Crippen LogP contribution in [-0.2, 0) is 11.2 Å². The van der Waals surface area contributed by atoms with Crippen LogP contribution < -0.4 is 9.64 Å². The quantitative estimate of drug-likeness (QED) is 0.853. The van der Waals surface area contributed by atoms with Crippen LogP contribution in [0.4, 0.5) is 5.82 Å². The van der Waals surface area contributed by atoms with Gasteiger partial charge in [-0.15, -0.1) is 0 Å². The zero-order valence-electron chi connectivity index (χ0n) is 15.2. The molecule has 0 spiro atoms. The molecule has 1 saturated heterocycles. The average Bonchev–Trinajstić information content (AvgIpc) is 2.73. The average molecular weight is 351 g/mol. The number of benzene rings is 1. The van der Waals surface area contributed by atoms with Crippen LogP contribution in [0.1, 0.15) is 29.9 Å². The number of aryl methyl sites for hydroxylation is 1. The van der Waals surface area contributed by atoms with Crippen molar-refractivity contribution in [3.8, 4) is 5.75 Å². The number of rotatable bonds is 3. The summed E-state index contributed by atoms with van der Waals surface area (Å²) in [7, 11) is 1.64. The van der Waals surface area contributed by atoms with E-state index < -0.39 is 0 Å². The molecular formula is C21H25N3O2. The Bertz CT molecular complexity index is 767. The number of nitrogens with zero attached hydrogens (tertiary/aromatic N) is 3. The Morgan fingerprint density at radius 2 is 1.92 bits per heavy atom. The van der Waals surface area contributed by atoms with Crippen LogP contribution in [-0.4, -0.2) is 49.1 Å². The van der Waals surface area contributed by atoms with Gasteiger partial charge in [0.1, 0.15) is 11.6 Å². The molecule has 1 aromatic heterocycles. The van der Waals surface area contributed by atoms with E-state index in [-0.39, 0.29) is 5.92 Å². The van der Waals surface area contributed by atoms with Crippen LogP contribution in [0.15, 0.2) is 42.6 Å². The molecular weight excluding hydrogens is 326 g/mol. The van der Waals surface area contributed by atoms with Gasteiger partial charge >= 0.3 is 0 Å². The molecule has 1 fully saturated rings. The molecule has 2 aromatic rings. The lowest BCUT2D eigenvalue weighted by Gasteiger charge is -2.38. The summed E-state index contributed by atoms with van der Waals surface area (Å²) in [4.78, 5) is 21.8. The summed E-state index contributed by atoms with van der Waals surface area (Å²) < 4.78 is 5.17. The minimum absolute atomic E-state index is 0.0330. The van der Waals surface area contributed by atoms with Gasteiger partial charge < -0.3 is 14.5 Å². The highest BCUT2D eigenvalue weighted by Gasteiger charge is 2.31. The molecule has 1 unspecified atom stereocenters. The van der Waals surface area contributed by atoms with Gasteiger partial charge in [0.05, 0.1) is 19.2 Å². The first-order chi connectivity index (χ1) is 12.8. The molecule has 0 bridgehead atoms. The summed E-state index contributed by atoms with van der Waals surface area (Å²) in [6.07, 6.45) is 4.90. The molecule has 1 aliphatic heterocycles. The Morgan fingerprint density at radius 3 is 2.65 bits per heavy atom. The van der Waals surface area contributed by atoms with E-state index in [0.717, 1.165) is 57.0 Å². The first kappa shape index (κ1) is 16.9. The molecule has 136 valence electrons. The summed E-state index contributed by atoms with van der Waals surface area (Å²) in [5.74, 6) is 2.03. The Balaban J connectivity index is 1.41.